The molecule has 0 spiro atoms. The highest BCUT2D eigenvalue weighted by molar-refractivity contribution is 6.32. The van der Waals surface area contributed by atoms with E-state index in [2.05, 4.69) is 32.0 Å². The largest absolute Gasteiger partial charge is 0.495 e. The van der Waals surface area contributed by atoms with Crippen LogP contribution in [0.2, 0.25) is 5.02 Å². The monoisotopic (exact) mass is 484 g/mol. The Labute approximate surface area is 201 Å². The fraction of sp³-hybridized carbons (Fsp3) is 0.391. The number of carboxylic acids is 1. The van der Waals surface area contributed by atoms with Crippen LogP contribution in [0.15, 0.2) is 30.5 Å². The number of aromatic nitrogens is 2. The van der Waals surface area contributed by atoms with Crippen LogP contribution in [-0.2, 0) is 16.1 Å². The normalized spacial score (nSPS) is 25.1. The first-order valence-corrected chi connectivity index (χ1v) is 11.4. The number of nitrogens with one attached hydrogen (secondary N) is 3. The molecule has 3 aliphatic rings. The Hall–Kier alpha value is -3.37. The van der Waals surface area contributed by atoms with Crippen molar-refractivity contribution in [1.82, 2.24) is 15.3 Å². The zero-order valence-corrected chi connectivity index (χ0v) is 19.5. The summed E-state index contributed by atoms with van der Waals surface area (Å²) in [6.45, 7) is 0.789. The molecule has 178 valence electrons. The van der Waals surface area contributed by atoms with Gasteiger partial charge in [-0.15, -0.1) is 0 Å². The lowest BCUT2D eigenvalue weighted by Crippen LogP contribution is -2.38. The van der Waals surface area contributed by atoms with Gasteiger partial charge in [0.25, 0.3) is 0 Å². The number of halogens is 1. The van der Waals surface area contributed by atoms with Gasteiger partial charge in [0, 0.05) is 19.6 Å². The lowest BCUT2D eigenvalue weighted by molar-refractivity contribution is -0.142. The van der Waals surface area contributed by atoms with Gasteiger partial charge in [-0.2, -0.15) is 4.98 Å². The summed E-state index contributed by atoms with van der Waals surface area (Å²) in [5.74, 6) is -0.101. The SMILES string of the molecule is COc1cc2c(cc1Nc1ncc(Cl)c(N[C@H]3[C@@H](C(=O)O)[C@@H]4C=C[C@H]3C4)n1)N(C)C(=O)CNC2. The van der Waals surface area contributed by atoms with E-state index in [0.29, 0.717) is 28.8 Å². The molecule has 10 nitrogen and oxygen atoms in total. The van der Waals surface area contributed by atoms with E-state index in [1.165, 1.54) is 6.20 Å². The quantitative estimate of drug-likeness (QED) is 0.457. The van der Waals surface area contributed by atoms with Crippen LogP contribution in [0.5, 0.6) is 5.75 Å². The number of methoxy groups -OCH3 is 1. The Morgan fingerprint density at radius 2 is 2.09 bits per heavy atom. The lowest BCUT2D eigenvalue weighted by atomic mass is 9.89. The first-order chi connectivity index (χ1) is 16.4. The van der Waals surface area contributed by atoms with Crippen molar-refractivity contribution in [3.05, 3.63) is 41.1 Å². The molecular weight excluding hydrogens is 460 g/mol. The molecule has 2 heterocycles. The molecule has 1 aliphatic heterocycles. The minimum absolute atomic E-state index is 0.0104. The number of amides is 1. The average Bonchev–Trinajstić information content (AvgIpc) is 3.39. The molecule has 4 atom stereocenters. The number of hydrogen-bond acceptors (Lipinski definition) is 8. The van der Waals surface area contributed by atoms with Gasteiger partial charge in [-0.25, -0.2) is 4.98 Å². The average molecular weight is 485 g/mol. The first kappa shape index (κ1) is 22.4. The van der Waals surface area contributed by atoms with Crippen LogP contribution in [0.1, 0.15) is 12.0 Å². The second kappa shape index (κ2) is 8.77. The van der Waals surface area contributed by atoms with Crippen LogP contribution < -0.4 is 25.6 Å². The van der Waals surface area contributed by atoms with Gasteiger partial charge in [-0.3, -0.25) is 9.59 Å². The number of likely N-dealkylation sites (N-methyl/N-ethyl adjacent to an activating group) is 1. The summed E-state index contributed by atoms with van der Waals surface area (Å²) in [6.07, 6.45) is 6.31. The molecule has 0 unspecified atom stereocenters. The molecule has 1 fully saturated rings. The molecule has 34 heavy (non-hydrogen) atoms. The third kappa shape index (κ3) is 3.92. The smallest absolute Gasteiger partial charge is 0.309 e. The van der Waals surface area contributed by atoms with Crippen LogP contribution in [0.3, 0.4) is 0 Å². The number of ether oxygens (including phenoxy) is 1. The molecule has 2 aromatic rings. The van der Waals surface area contributed by atoms with Crippen molar-refractivity contribution in [2.45, 2.75) is 19.0 Å². The van der Waals surface area contributed by atoms with Crippen LogP contribution in [0.4, 0.5) is 23.1 Å². The molecular formula is C23H25ClN6O4. The number of carboxylic acid groups (broad SMARTS) is 1. The van der Waals surface area contributed by atoms with Crippen molar-refractivity contribution in [1.29, 1.82) is 0 Å². The number of carbonyl (C=O) groups excluding carboxylic acids is 1. The van der Waals surface area contributed by atoms with Gasteiger partial charge in [0.15, 0.2) is 5.82 Å². The van der Waals surface area contributed by atoms with Crippen molar-refractivity contribution in [2.24, 2.45) is 17.8 Å². The maximum atomic E-state index is 12.3. The molecule has 1 aromatic carbocycles. The zero-order chi connectivity index (χ0) is 24.0. The Kier molecular flexibility index (Phi) is 5.78. The molecule has 4 N–H and O–H groups in total. The third-order valence-corrected chi connectivity index (χ3v) is 7.04. The van der Waals surface area contributed by atoms with Crippen molar-refractivity contribution in [2.75, 3.05) is 36.2 Å². The summed E-state index contributed by atoms with van der Waals surface area (Å²) in [7, 11) is 3.30. The zero-order valence-electron chi connectivity index (χ0n) is 18.7. The predicted molar refractivity (Wildman–Crippen MR) is 128 cm³/mol. The first-order valence-electron chi connectivity index (χ1n) is 11.0. The van der Waals surface area contributed by atoms with Crippen LogP contribution >= 0.6 is 11.6 Å². The third-order valence-electron chi connectivity index (χ3n) is 6.77. The highest BCUT2D eigenvalue weighted by Gasteiger charge is 2.48. The molecule has 5 rings (SSSR count). The standard InChI is InChI=1S/C23H25ClN6O4/c1-30-16-7-15(17(34-2)6-13(16)8-25-10-18(30)31)27-23-26-9-14(24)21(29-23)28-20-12-4-3-11(5-12)19(20)22(32)33/h3-4,6-7,9,11-12,19-20,25H,5,8,10H2,1-2H3,(H,32,33)(H2,26,27,28,29)/t11-,12+,19+,20-/m1/s1. The highest BCUT2D eigenvalue weighted by atomic mass is 35.5. The van der Waals surface area contributed by atoms with Crippen molar-refractivity contribution >= 4 is 46.6 Å². The minimum atomic E-state index is -0.833. The summed E-state index contributed by atoms with van der Waals surface area (Å²) in [4.78, 5) is 34.5. The summed E-state index contributed by atoms with van der Waals surface area (Å²) < 4.78 is 5.56. The predicted octanol–water partition coefficient (Wildman–Crippen LogP) is 2.64. The van der Waals surface area contributed by atoms with Gasteiger partial charge in [-0.05, 0) is 36.0 Å². The van der Waals surface area contributed by atoms with E-state index >= 15 is 0 Å². The minimum Gasteiger partial charge on any atom is -0.495 e. The van der Waals surface area contributed by atoms with Gasteiger partial charge < -0.3 is 30.7 Å². The van der Waals surface area contributed by atoms with Crippen molar-refractivity contribution < 1.29 is 19.4 Å². The number of nitrogens with zero attached hydrogens (tertiary/aromatic N) is 3. The van der Waals surface area contributed by atoms with Crippen LogP contribution in [0, 0.1) is 17.8 Å². The fourth-order valence-corrected chi connectivity index (χ4v) is 5.20. The Bertz CT molecular complexity index is 1190. The van der Waals surface area contributed by atoms with E-state index in [9.17, 15) is 14.7 Å². The maximum absolute atomic E-state index is 12.3. The molecule has 11 heteroatoms. The Balaban J connectivity index is 1.43. The number of carbonyl (C=O) groups is 2. The van der Waals surface area contributed by atoms with E-state index in [0.717, 1.165) is 17.7 Å². The molecule has 0 saturated heterocycles. The summed E-state index contributed by atoms with van der Waals surface area (Å²) in [6, 6.07) is 3.39. The maximum Gasteiger partial charge on any atom is 0.309 e. The number of aliphatic carboxylic acids is 1. The van der Waals surface area contributed by atoms with Gasteiger partial charge in [0.2, 0.25) is 11.9 Å². The molecule has 1 saturated carbocycles. The topological polar surface area (TPSA) is 129 Å². The van der Waals surface area contributed by atoms with E-state index in [1.54, 1.807) is 19.1 Å². The van der Waals surface area contributed by atoms with Gasteiger partial charge in [0.1, 0.15) is 10.8 Å². The number of allylic oxidation sites excluding steroid dienone is 1. The van der Waals surface area contributed by atoms with E-state index in [-0.39, 0.29) is 36.3 Å². The number of fused-ring (bicyclic) bond motifs is 3. The number of rotatable bonds is 6. The van der Waals surface area contributed by atoms with Gasteiger partial charge >= 0.3 is 5.97 Å². The second-order valence-corrected chi connectivity index (χ2v) is 9.14. The lowest BCUT2D eigenvalue weighted by Gasteiger charge is -2.26. The molecule has 1 aromatic heterocycles. The van der Waals surface area contributed by atoms with Crippen LogP contribution in [-0.4, -0.2) is 53.7 Å². The summed E-state index contributed by atoms with van der Waals surface area (Å²) in [5, 5.41) is 19.5. The highest BCUT2D eigenvalue weighted by Crippen LogP contribution is 2.45. The molecule has 2 bridgehead atoms. The van der Waals surface area contributed by atoms with Crippen molar-refractivity contribution in [3.63, 3.8) is 0 Å². The van der Waals surface area contributed by atoms with E-state index < -0.39 is 11.9 Å². The summed E-state index contributed by atoms with van der Waals surface area (Å²) in [5.41, 5.74) is 2.27. The van der Waals surface area contributed by atoms with Gasteiger partial charge in [0.05, 0.1) is 37.1 Å². The molecule has 2 aliphatic carbocycles. The van der Waals surface area contributed by atoms with Crippen molar-refractivity contribution in [3.8, 4) is 5.75 Å². The number of anilines is 4. The fourth-order valence-electron chi connectivity index (χ4n) is 5.05. The number of hydrogen-bond donors (Lipinski definition) is 4. The summed E-state index contributed by atoms with van der Waals surface area (Å²) >= 11 is 6.36. The van der Waals surface area contributed by atoms with Crippen LogP contribution in [0.25, 0.3) is 0 Å². The Morgan fingerprint density at radius 3 is 2.85 bits per heavy atom. The molecule has 1 amide bonds. The van der Waals surface area contributed by atoms with E-state index in [1.807, 2.05) is 18.2 Å². The van der Waals surface area contributed by atoms with Gasteiger partial charge in [-0.1, -0.05) is 23.8 Å². The second-order valence-electron chi connectivity index (χ2n) is 8.74. The van der Waals surface area contributed by atoms with E-state index in [4.69, 9.17) is 16.3 Å². The number of benzene rings is 1. The Morgan fingerprint density at radius 1 is 1.29 bits per heavy atom. The molecule has 0 radical (unpaired) electrons.